The standard InChI is InChI=1S/C9H4ClNOS/c10-8-6-3-1-2-4-7(6)13-9(8)11-5-12/h1-4H. The summed E-state index contributed by atoms with van der Waals surface area (Å²) in [5.74, 6) is 0. The van der Waals surface area contributed by atoms with Crippen molar-refractivity contribution in [3.8, 4) is 0 Å². The largest absolute Gasteiger partial charge is 0.241 e. The quantitative estimate of drug-likeness (QED) is 0.522. The van der Waals surface area contributed by atoms with Gasteiger partial charge in [-0.3, -0.25) is 0 Å². The Kier molecular flexibility index (Phi) is 2.15. The van der Waals surface area contributed by atoms with Crippen molar-refractivity contribution in [2.24, 2.45) is 4.99 Å². The average Bonchev–Trinajstić information content (AvgIpc) is 2.46. The molecule has 0 atom stereocenters. The van der Waals surface area contributed by atoms with E-state index in [0.717, 1.165) is 10.1 Å². The highest BCUT2D eigenvalue weighted by Crippen LogP contribution is 2.40. The van der Waals surface area contributed by atoms with Crippen LogP contribution < -0.4 is 0 Å². The molecule has 0 radical (unpaired) electrons. The Morgan fingerprint density at radius 3 is 2.85 bits per heavy atom. The van der Waals surface area contributed by atoms with Gasteiger partial charge in [0.25, 0.3) is 0 Å². The zero-order valence-corrected chi connectivity index (χ0v) is 8.02. The lowest BCUT2D eigenvalue weighted by Gasteiger charge is -1.85. The molecule has 0 bridgehead atoms. The van der Waals surface area contributed by atoms with Gasteiger partial charge in [0, 0.05) is 10.1 Å². The van der Waals surface area contributed by atoms with Crippen LogP contribution in [0.5, 0.6) is 0 Å². The highest BCUT2D eigenvalue weighted by molar-refractivity contribution is 7.23. The van der Waals surface area contributed by atoms with Crippen LogP contribution in [0.15, 0.2) is 29.3 Å². The molecule has 13 heavy (non-hydrogen) atoms. The molecule has 4 heteroatoms. The van der Waals surface area contributed by atoms with Gasteiger partial charge in [-0.25, -0.2) is 4.79 Å². The zero-order valence-electron chi connectivity index (χ0n) is 6.45. The molecule has 2 aromatic rings. The maximum absolute atomic E-state index is 10.1. The molecule has 0 amide bonds. The topological polar surface area (TPSA) is 29.4 Å². The fourth-order valence-corrected chi connectivity index (χ4v) is 2.41. The van der Waals surface area contributed by atoms with Gasteiger partial charge in [-0.2, -0.15) is 4.99 Å². The summed E-state index contributed by atoms with van der Waals surface area (Å²) in [5.41, 5.74) is 0. The summed E-state index contributed by atoms with van der Waals surface area (Å²) in [4.78, 5) is 13.6. The molecule has 0 aliphatic heterocycles. The molecule has 1 aromatic heterocycles. The second-order valence-electron chi connectivity index (χ2n) is 2.42. The number of rotatable bonds is 1. The summed E-state index contributed by atoms with van der Waals surface area (Å²) >= 11 is 7.36. The molecule has 0 aliphatic rings. The minimum absolute atomic E-state index is 0.526. The highest BCUT2D eigenvalue weighted by Gasteiger charge is 2.07. The summed E-state index contributed by atoms with van der Waals surface area (Å²) in [5, 5.41) is 1.99. The Morgan fingerprint density at radius 1 is 1.38 bits per heavy atom. The molecule has 0 fully saturated rings. The number of isocyanates is 1. The van der Waals surface area contributed by atoms with E-state index in [4.69, 9.17) is 11.6 Å². The number of carbonyl (C=O) groups excluding carboxylic acids is 1. The Bertz CT molecular complexity index is 499. The first kappa shape index (κ1) is 8.45. The smallest absolute Gasteiger partial charge is 0.211 e. The second-order valence-corrected chi connectivity index (χ2v) is 3.83. The molecule has 0 saturated heterocycles. The molecule has 1 aromatic carbocycles. The summed E-state index contributed by atoms with van der Waals surface area (Å²) in [6, 6.07) is 7.66. The molecule has 64 valence electrons. The van der Waals surface area contributed by atoms with E-state index in [1.807, 2.05) is 24.3 Å². The van der Waals surface area contributed by atoms with E-state index >= 15 is 0 Å². The fourth-order valence-electron chi connectivity index (χ4n) is 1.11. The summed E-state index contributed by atoms with van der Waals surface area (Å²) in [7, 11) is 0. The van der Waals surface area contributed by atoms with Crippen LogP contribution in [0.25, 0.3) is 10.1 Å². The van der Waals surface area contributed by atoms with E-state index in [1.165, 1.54) is 17.4 Å². The second kappa shape index (κ2) is 3.30. The van der Waals surface area contributed by atoms with Gasteiger partial charge in [-0.15, -0.1) is 11.3 Å². The summed E-state index contributed by atoms with van der Waals surface area (Å²) in [6.07, 6.45) is 1.49. The van der Waals surface area contributed by atoms with Crippen molar-refractivity contribution >= 4 is 44.1 Å². The molecular formula is C9H4ClNOS. The molecule has 2 nitrogen and oxygen atoms in total. The SMILES string of the molecule is O=C=Nc1sc2ccccc2c1Cl. The van der Waals surface area contributed by atoms with Crippen LogP contribution in [0.4, 0.5) is 5.00 Å². The van der Waals surface area contributed by atoms with Crippen LogP contribution in [0, 0.1) is 0 Å². The molecule has 0 aliphatic carbocycles. The van der Waals surface area contributed by atoms with E-state index in [0.29, 0.717) is 10.0 Å². The van der Waals surface area contributed by atoms with Crippen molar-refractivity contribution in [1.29, 1.82) is 0 Å². The van der Waals surface area contributed by atoms with Crippen molar-refractivity contribution in [3.05, 3.63) is 29.3 Å². The van der Waals surface area contributed by atoms with Crippen molar-refractivity contribution in [1.82, 2.24) is 0 Å². The molecular weight excluding hydrogens is 206 g/mol. The fraction of sp³-hybridized carbons (Fsp3) is 0. The maximum atomic E-state index is 10.1. The van der Waals surface area contributed by atoms with E-state index in [9.17, 15) is 4.79 Å². The molecule has 0 spiro atoms. The minimum Gasteiger partial charge on any atom is -0.211 e. The van der Waals surface area contributed by atoms with Crippen molar-refractivity contribution in [3.63, 3.8) is 0 Å². The van der Waals surface area contributed by atoms with Gasteiger partial charge in [0.15, 0.2) is 0 Å². The van der Waals surface area contributed by atoms with Crippen LogP contribution in [-0.2, 0) is 4.79 Å². The normalized spacial score (nSPS) is 9.92. The van der Waals surface area contributed by atoms with Crippen LogP contribution in [0.2, 0.25) is 5.02 Å². The van der Waals surface area contributed by atoms with Gasteiger partial charge < -0.3 is 0 Å². The number of nitrogens with zero attached hydrogens (tertiary/aromatic N) is 1. The number of thiophene rings is 1. The van der Waals surface area contributed by atoms with Gasteiger partial charge in [0.1, 0.15) is 5.00 Å². The average molecular weight is 210 g/mol. The molecule has 0 N–H and O–H groups in total. The first-order valence-corrected chi connectivity index (χ1v) is 4.77. The zero-order chi connectivity index (χ0) is 9.26. The van der Waals surface area contributed by atoms with E-state index in [-0.39, 0.29) is 0 Å². The Balaban J connectivity index is 2.80. The Hall–Kier alpha value is -1.15. The van der Waals surface area contributed by atoms with Crippen molar-refractivity contribution in [2.45, 2.75) is 0 Å². The van der Waals surface area contributed by atoms with Gasteiger partial charge in [0.05, 0.1) is 5.02 Å². The number of hydrogen-bond acceptors (Lipinski definition) is 3. The third kappa shape index (κ3) is 1.38. The number of aliphatic imine (C=N–C) groups is 1. The lowest BCUT2D eigenvalue weighted by Crippen LogP contribution is -1.60. The van der Waals surface area contributed by atoms with Crippen LogP contribution in [-0.4, -0.2) is 6.08 Å². The monoisotopic (exact) mass is 209 g/mol. The lowest BCUT2D eigenvalue weighted by atomic mass is 10.3. The van der Waals surface area contributed by atoms with E-state index < -0.39 is 0 Å². The molecule has 1 heterocycles. The highest BCUT2D eigenvalue weighted by atomic mass is 35.5. The van der Waals surface area contributed by atoms with Gasteiger partial charge in [-0.1, -0.05) is 29.8 Å². The first-order chi connectivity index (χ1) is 6.33. The van der Waals surface area contributed by atoms with Crippen molar-refractivity contribution in [2.75, 3.05) is 0 Å². The Morgan fingerprint density at radius 2 is 2.15 bits per heavy atom. The lowest BCUT2D eigenvalue weighted by molar-refractivity contribution is 0.565. The number of hydrogen-bond donors (Lipinski definition) is 0. The predicted molar refractivity (Wildman–Crippen MR) is 54.6 cm³/mol. The number of halogens is 1. The van der Waals surface area contributed by atoms with Gasteiger partial charge in [0.2, 0.25) is 6.08 Å². The predicted octanol–water partition coefficient (Wildman–Crippen LogP) is 3.52. The van der Waals surface area contributed by atoms with E-state index in [1.54, 1.807) is 0 Å². The van der Waals surface area contributed by atoms with Crippen molar-refractivity contribution < 1.29 is 4.79 Å². The Labute approximate surface area is 83.5 Å². The maximum Gasteiger partial charge on any atom is 0.241 e. The van der Waals surface area contributed by atoms with Crippen LogP contribution >= 0.6 is 22.9 Å². The van der Waals surface area contributed by atoms with Gasteiger partial charge in [-0.05, 0) is 6.07 Å². The minimum atomic E-state index is 0.526. The number of benzene rings is 1. The summed E-state index contributed by atoms with van der Waals surface area (Å²) in [6.45, 7) is 0. The van der Waals surface area contributed by atoms with Crippen LogP contribution in [0.3, 0.4) is 0 Å². The molecule has 2 rings (SSSR count). The third-order valence-corrected chi connectivity index (χ3v) is 3.22. The summed E-state index contributed by atoms with van der Waals surface area (Å²) < 4.78 is 1.03. The van der Waals surface area contributed by atoms with Crippen LogP contribution in [0.1, 0.15) is 0 Å². The molecule has 0 unspecified atom stereocenters. The first-order valence-electron chi connectivity index (χ1n) is 3.58. The number of fused-ring (bicyclic) bond motifs is 1. The molecule has 0 saturated carbocycles. The third-order valence-electron chi connectivity index (χ3n) is 1.67. The van der Waals surface area contributed by atoms with Gasteiger partial charge >= 0.3 is 0 Å². The van der Waals surface area contributed by atoms with E-state index in [2.05, 4.69) is 4.99 Å².